The molecule has 0 saturated carbocycles. The lowest BCUT2D eigenvalue weighted by atomic mass is 9.75. The molecule has 1 aromatic heterocycles. The molecule has 1 heterocycles. The summed E-state index contributed by atoms with van der Waals surface area (Å²) in [4.78, 5) is 33.8. The van der Waals surface area contributed by atoms with E-state index in [1.54, 1.807) is 30.3 Å². The molecule has 2 aromatic carbocycles. The van der Waals surface area contributed by atoms with Crippen molar-refractivity contribution in [3.8, 4) is 0 Å². The minimum atomic E-state index is -1.93. The van der Waals surface area contributed by atoms with Crippen LogP contribution in [0.25, 0.3) is 11.0 Å². The number of nitrogens with zero attached hydrogens (tertiary/aromatic N) is 2. The van der Waals surface area contributed by atoms with Crippen molar-refractivity contribution in [2.24, 2.45) is 0 Å². The number of hydrogen-bond donors (Lipinski definition) is 4. The highest BCUT2D eigenvalue weighted by molar-refractivity contribution is 6.43. The van der Waals surface area contributed by atoms with E-state index in [9.17, 15) is 24.0 Å². The average Bonchev–Trinajstić information content (AvgIpc) is 2.73. The van der Waals surface area contributed by atoms with E-state index in [1.165, 1.54) is 38.2 Å². The van der Waals surface area contributed by atoms with E-state index in [-0.39, 0.29) is 17.7 Å². The van der Waals surface area contributed by atoms with Gasteiger partial charge in [0, 0.05) is 0 Å². The first-order valence-corrected chi connectivity index (χ1v) is 9.62. The Morgan fingerprint density at radius 2 is 1.74 bits per heavy atom. The van der Waals surface area contributed by atoms with Gasteiger partial charge in [-0.1, -0.05) is 30.3 Å². The Morgan fingerprint density at radius 3 is 2.42 bits per heavy atom. The highest BCUT2D eigenvalue weighted by Crippen LogP contribution is 2.13. The van der Waals surface area contributed by atoms with E-state index in [4.69, 9.17) is 0 Å². The van der Waals surface area contributed by atoms with Crippen molar-refractivity contribution in [1.82, 2.24) is 20.6 Å². The van der Waals surface area contributed by atoms with Gasteiger partial charge < -0.3 is 20.7 Å². The molecule has 3 rings (SSSR count). The highest BCUT2D eigenvalue weighted by Gasteiger charge is 2.35. The molecular weight excluding hydrogens is 402 g/mol. The summed E-state index contributed by atoms with van der Waals surface area (Å²) in [5.74, 6) is -3.00. The van der Waals surface area contributed by atoms with Gasteiger partial charge in [0.05, 0.1) is 23.2 Å². The molecule has 160 valence electrons. The zero-order valence-electron chi connectivity index (χ0n) is 17.0. The lowest BCUT2D eigenvalue weighted by Gasteiger charge is -2.28. The van der Waals surface area contributed by atoms with Crippen molar-refractivity contribution in [2.75, 3.05) is 0 Å². The van der Waals surface area contributed by atoms with E-state index >= 15 is 0 Å². The van der Waals surface area contributed by atoms with Gasteiger partial charge in [-0.3, -0.25) is 14.6 Å². The van der Waals surface area contributed by atoms with E-state index < -0.39 is 36.2 Å². The van der Waals surface area contributed by atoms with E-state index in [1.807, 2.05) is 0 Å². The first kappa shape index (κ1) is 22.3. The molecule has 0 spiro atoms. The lowest BCUT2D eigenvalue weighted by Crippen LogP contribution is -2.59. The van der Waals surface area contributed by atoms with Gasteiger partial charge in [-0.2, -0.15) is 0 Å². The number of para-hydroxylation sites is 2. The smallest absolute Gasteiger partial charge is 0.426 e. The number of hydrogen-bond acceptors (Lipinski definition) is 6. The molecule has 8 nitrogen and oxygen atoms in total. The molecule has 4 N–H and O–H groups in total. The van der Waals surface area contributed by atoms with Gasteiger partial charge >= 0.3 is 7.12 Å². The van der Waals surface area contributed by atoms with Crippen LogP contribution < -0.4 is 10.6 Å². The monoisotopic (exact) mass is 424 g/mol. The zero-order valence-corrected chi connectivity index (χ0v) is 17.0. The lowest BCUT2D eigenvalue weighted by molar-refractivity contribution is -0.126. The fraction of sp³-hybridized carbons (Fsp3) is 0.238. The molecule has 10 heteroatoms. The molecule has 1 atom stereocenters. The van der Waals surface area contributed by atoms with Gasteiger partial charge in [0.1, 0.15) is 17.1 Å². The maximum atomic E-state index is 13.9. The van der Waals surface area contributed by atoms with Gasteiger partial charge in [0.15, 0.2) is 0 Å². The summed E-state index contributed by atoms with van der Waals surface area (Å²) in [6, 6.07) is 12.9. The number of halogens is 1. The second-order valence-electron chi connectivity index (χ2n) is 7.61. The minimum absolute atomic E-state index is 0.0321. The Hall–Kier alpha value is -3.37. The molecule has 0 aliphatic rings. The fourth-order valence-electron chi connectivity index (χ4n) is 2.95. The van der Waals surface area contributed by atoms with Crippen molar-refractivity contribution in [3.63, 3.8) is 0 Å². The van der Waals surface area contributed by atoms with E-state index in [2.05, 4.69) is 20.6 Å². The third-order valence-electron chi connectivity index (χ3n) is 4.75. The number of carbonyl (C=O) groups excluding carboxylic acids is 2. The van der Waals surface area contributed by atoms with Crippen molar-refractivity contribution in [3.05, 3.63) is 71.8 Å². The third kappa shape index (κ3) is 5.42. The highest BCUT2D eigenvalue weighted by atomic mass is 19.1. The second-order valence-corrected chi connectivity index (χ2v) is 7.61. The summed E-state index contributed by atoms with van der Waals surface area (Å²) in [7, 11) is -1.93. The molecule has 3 aromatic rings. The molecule has 0 saturated heterocycles. The van der Waals surface area contributed by atoms with Crippen LogP contribution in [-0.2, 0) is 11.2 Å². The summed E-state index contributed by atoms with van der Waals surface area (Å²) < 4.78 is 13.9. The minimum Gasteiger partial charge on any atom is -0.426 e. The van der Waals surface area contributed by atoms with Crippen LogP contribution in [0, 0.1) is 5.82 Å². The van der Waals surface area contributed by atoms with Gasteiger partial charge in [0.2, 0.25) is 5.91 Å². The first-order chi connectivity index (χ1) is 14.7. The third-order valence-corrected chi connectivity index (χ3v) is 4.75. The summed E-state index contributed by atoms with van der Waals surface area (Å²) >= 11 is 0. The average molecular weight is 424 g/mol. The molecule has 0 aliphatic heterocycles. The van der Waals surface area contributed by atoms with Crippen LogP contribution in [0.2, 0.25) is 0 Å². The molecule has 0 radical (unpaired) electrons. The maximum Gasteiger partial charge on any atom is 0.475 e. The van der Waals surface area contributed by atoms with Gasteiger partial charge in [-0.05, 0) is 44.0 Å². The molecule has 1 unspecified atom stereocenters. The Labute approximate surface area is 178 Å². The van der Waals surface area contributed by atoms with Crippen LogP contribution in [0.15, 0.2) is 54.7 Å². The Bertz CT molecular complexity index is 1110. The van der Waals surface area contributed by atoms with Crippen LogP contribution in [0.4, 0.5) is 4.39 Å². The van der Waals surface area contributed by atoms with Crippen molar-refractivity contribution >= 4 is 30.0 Å². The van der Waals surface area contributed by atoms with Crippen LogP contribution in [0.3, 0.4) is 0 Å². The molecule has 0 bridgehead atoms. The predicted octanol–water partition coefficient (Wildman–Crippen LogP) is 1.02. The van der Waals surface area contributed by atoms with Gasteiger partial charge in [-0.25, -0.2) is 9.37 Å². The standard InChI is InChI=1S/C21H22BFN4O4/c1-21(2,27-19(28)17-12-24-15-9-5-6-10-16(15)25-17)20(29)26-18(22(30)31)11-13-7-3-4-8-14(13)23/h3-10,12,18,30-31H,11H2,1-2H3,(H,26,29)(H,27,28). The van der Waals surface area contributed by atoms with Crippen molar-refractivity contribution in [1.29, 1.82) is 0 Å². The Balaban J connectivity index is 1.71. The first-order valence-electron chi connectivity index (χ1n) is 9.62. The van der Waals surface area contributed by atoms with Crippen LogP contribution in [0.1, 0.15) is 29.9 Å². The number of aromatic nitrogens is 2. The second kappa shape index (κ2) is 9.19. The molecular formula is C21H22BFN4O4. The number of carbonyl (C=O) groups is 2. The van der Waals surface area contributed by atoms with Crippen LogP contribution in [0.5, 0.6) is 0 Å². The number of benzene rings is 2. The summed E-state index contributed by atoms with van der Waals surface area (Å²) in [6.45, 7) is 2.91. The molecule has 0 aliphatic carbocycles. The maximum absolute atomic E-state index is 13.9. The van der Waals surface area contributed by atoms with Crippen molar-refractivity contribution < 1.29 is 24.0 Å². The summed E-state index contributed by atoms with van der Waals surface area (Å²) in [5, 5.41) is 24.3. The number of fused-ring (bicyclic) bond motifs is 1. The van der Waals surface area contributed by atoms with Crippen molar-refractivity contribution in [2.45, 2.75) is 31.7 Å². The topological polar surface area (TPSA) is 124 Å². The normalized spacial score (nSPS) is 12.3. The summed E-state index contributed by atoms with van der Waals surface area (Å²) in [5.41, 5.74) is -0.0131. The Kier molecular flexibility index (Phi) is 6.62. The van der Waals surface area contributed by atoms with E-state index in [0.29, 0.717) is 11.0 Å². The number of amides is 2. The Morgan fingerprint density at radius 1 is 1.10 bits per heavy atom. The molecule has 31 heavy (non-hydrogen) atoms. The quantitative estimate of drug-likeness (QED) is 0.420. The number of rotatable bonds is 7. The fourth-order valence-corrected chi connectivity index (χ4v) is 2.95. The predicted molar refractivity (Wildman–Crippen MR) is 113 cm³/mol. The molecule has 0 fully saturated rings. The largest absolute Gasteiger partial charge is 0.475 e. The SMILES string of the molecule is CC(C)(NC(=O)c1cnc2ccccc2n1)C(=O)NC(Cc1ccccc1F)B(O)O. The van der Waals surface area contributed by atoms with Crippen LogP contribution >= 0.6 is 0 Å². The van der Waals surface area contributed by atoms with Gasteiger partial charge in [0.25, 0.3) is 5.91 Å². The summed E-state index contributed by atoms with van der Waals surface area (Å²) in [6.07, 6.45) is 1.17. The van der Waals surface area contributed by atoms with E-state index in [0.717, 1.165) is 0 Å². The zero-order chi connectivity index (χ0) is 22.6. The molecule has 2 amide bonds. The number of nitrogens with one attached hydrogen (secondary N) is 2. The van der Waals surface area contributed by atoms with Gasteiger partial charge in [-0.15, -0.1) is 0 Å². The van der Waals surface area contributed by atoms with Crippen LogP contribution in [-0.4, -0.2) is 50.4 Å².